The monoisotopic (exact) mass is 472 g/mol. The van der Waals surface area contributed by atoms with Gasteiger partial charge in [0.05, 0.1) is 16.9 Å². The van der Waals surface area contributed by atoms with Crippen LogP contribution in [0.2, 0.25) is 0 Å². The van der Waals surface area contributed by atoms with Crippen molar-refractivity contribution in [1.29, 1.82) is 0 Å². The van der Waals surface area contributed by atoms with Crippen molar-refractivity contribution in [1.82, 2.24) is 30.8 Å². The van der Waals surface area contributed by atoms with E-state index in [1.165, 1.54) is 0 Å². The summed E-state index contributed by atoms with van der Waals surface area (Å²) in [5.41, 5.74) is 7.07. The number of carbonyl (C=O) groups is 2. The zero-order chi connectivity index (χ0) is 23.1. The normalized spacial score (nSPS) is 22.5. The number of hydrogen-bond donors (Lipinski definition) is 2. The summed E-state index contributed by atoms with van der Waals surface area (Å²) in [5.74, 6) is 0.267. The van der Waals surface area contributed by atoms with Crippen LogP contribution in [0.4, 0.5) is 0 Å². The molecule has 3 atom stereocenters. The first-order valence-corrected chi connectivity index (χ1v) is 12.1. The number of fused-ring (bicyclic) bond motifs is 2. The van der Waals surface area contributed by atoms with Crippen LogP contribution in [0.3, 0.4) is 0 Å². The molecule has 9 nitrogen and oxygen atoms in total. The predicted molar refractivity (Wildman–Crippen MR) is 125 cm³/mol. The Hall–Kier alpha value is -3.92. The number of hydrazine groups is 1. The summed E-state index contributed by atoms with van der Waals surface area (Å²) in [6.45, 7) is 0. The molecule has 1 saturated carbocycles. The maximum Gasteiger partial charge on any atom is 0.332 e. The van der Waals surface area contributed by atoms with Crippen molar-refractivity contribution in [3.05, 3.63) is 65.3 Å². The molecule has 170 valence electrons. The largest absolute Gasteiger partial charge is 0.332 e. The Labute approximate surface area is 199 Å². The third kappa shape index (κ3) is 3.75. The minimum absolute atomic E-state index is 0.0900. The van der Waals surface area contributed by atoms with Gasteiger partial charge in [-0.1, -0.05) is 42.5 Å². The van der Waals surface area contributed by atoms with Crippen LogP contribution in [0.5, 0.6) is 0 Å². The minimum atomic E-state index is -0.387. The van der Waals surface area contributed by atoms with Crippen molar-refractivity contribution in [3.8, 4) is 16.4 Å². The average molecular weight is 473 g/mol. The molecule has 0 spiro atoms. The molecular weight excluding hydrogens is 450 g/mol. The highest BCUT2D eigenvalue weighted by Crippen LogP contribution is 2.36. The summed E-state index contributed by atoms with van der Waals surface area (Å²) in [7, 11) is 0. The summed E-state index contributed by atoms with van der Waals surface area (Å²) in [6.07, 6.45) is 5.69. The van der Waals surface area contributed by atoms with Crippen molar-refractivity contribution < 1.29 is 14.4 Å². The first-order valence-electron chi connectivity index (χ1n) is 11.2. The van der Waals surface area contributed by atoms with Gasteiger partial charge >= 0.3 is 5.82 Å². The third-order valence-corrected chi connectivity index (χ3v) is 7.28. The van der Waals surface area contributed by atoms with E-state index in [4.69, 9.17) is 15.2 Å². The molecule has 1 aliphatic carbocycles. The van der Waals surface area contributed by atoms with Gasteiger partial charge in [-0.05, 0) is 45.8 Å². The number of rotatable bonds is 4. The molecule has 3 unspecified atom stereocenters. The van der Waals surface area contributed by atoms with Crippen LogP contribution in [0.1, 0.15) is 36.7 Å². The zero-order valence-electron chi connectivity index (χ0n) is 18.2. The topological polar surface area (TPSA) is 106 Å². The number of aromatic nitrogens is 5. The molecule has 4 aliphatic rings. The molecular formula is C24H22N7O2S+. The lowest BCUT2D eigenvalue weighted by atomic mass is 9.75. The Morgan fingerprint density at radius 1 is 1.00 bits per heavy atom. The quantitative estimate of drug-likeness (QED) is 0.444. The van der Waals surface area contributed by atoms with Crippen LogP contribution in [0.25, 0.3) is 28.5 Å². The van der Waals surface area contributed by atoms with E-state index in [0.29, 0.717) is 24.5 Å². The summed E-state index contributed by atoms with van der Waals surface area (Å²) >= 11 is 1.57. The van der Waals surface area contributed by atoms with Crippen LogP contribution in [-0.4, -0.2) is 31.8 Å². The fraction of sp³-hybridized carbons (Fsp3) is 0.250. The standard InChI is InChI=1S/C24H21N7O2S/c32-22-18-10-9-17(14-19(18)23(33)27-26-22)30-28-20(11-8-15-5-2-1-3-6-15)29-31(30)21-13-16-7-4-12-34-24(16)25-21/h1-8,11-13,17-19H,9-10,14H2,(H,28,29)/p+1. The first kappa shape index (κ1) is 20.7. The molecule has 0 bridgehead atoms. The number of nitrogens with one attached hydrogen (secondary N) is 2. The molecule has 2 fully saturated rings. The van der Waals surface area contributed by atoms with Gasteiger partial charge in [0.15, 0.2) is 0 Å². The Morgan fingerprint density at radius 2 is 1.82 bits per heavy atom. The summed E-state index contributed by atoms with van der Waals surface area (Å²) in [6, 6.07) is 15.9. The van der Waals surface area contributed by atoms with Crippen molar-refractivity contribution in [2.24, 2.45) is 11.8 Å². The maximum absolute atomic E-state index is 12.5. The fourth-order valence-corrected chi connectivity index (χ4v) is 5.43. The average Bonchev–Trinajstić information content (AvgIpc) is 3.50. The number of carbonyl (C=O) groups excluding carboxylic acids is 2. The van der Waals surface area contributed by atoms with E-state index in [0.717, 1.165) is 22.6 Å². The summed E-state index contributed by atoms with van der Waals surface area (Å²) in [5, 5.41) is 12.5. The Bertz CT molecular complexity index is 1330. The van der Waals surface area contributed by atoms with Crippen LogP contribution in [0, 0.1) is 11.8 Å². The van der Waals surface area contributed by atoms with Gasteiger partial charge in [-0.2, -0.15) is 0 Å². The Morgan fingerprint density at radius 3 is 2.65 bits per heavy atom. The van der Waals surface area contributed by atoms with E-state index in [-0.39, 0.29) is 29.7 Å². The van der Waals surface area contributed by atoms with E-state index in [2.05, 4.69) is 10.9 Å². The van der Waals surface area contributed by atoms with Gasteiger partial charge in [-0.25, -0.2) is 4.98 Å². The number of benzene rings is 1. The highest BCUT2D eigenvalue weighted by atomic mass is 32.1. The lowest BCUT2D eigenvalue weighted by molar-refractivity contribution is -0.844. The van der Waals surface area contributed by atoms with Crippen molar-refractivity contribution in [2.75, 3.05) is 0 Å². The second kappa shape index (κ2) is 8.45. The van der Waals surface area contributed by atoms with Crippen LogP contribution in [0.15, 0.2) is 53.9 Å². The van der Waals surface area contributed by atoms with E-state index in [1.807, 2.05) is 70.9 Å². The predicted octanol–water partition coefficient (Wildman–Crippen LogP) is 2.40. The van der Waals surface area contributed by atoms with E-state index in [9.17, 15) is 9.59 Å². The van der Waals surface area contributed by atoms with E-state index >= 15 is 0 Å². The maximum atomic E-state index is 12.5. The van der Waals surface area contributed by atoms with Crippen molar-refractivity contribution >= 4 is 35.3 Å². The summed E-state index contributed by atoms with van der Waals surface area (Å²) in [4.78, 5) is 33.1. The molecule has 1 aromatic heterocycles. The minimum Gasteiger partial charge on any atom is -0.273 e. The smallest absolute Gasteiger partial charge is 0.273 e. The van der Waals surface area contributed by atoms with Crippen LogP contribution in [-0.2, 0) is 9.59 Å². The van der Waals surface area contributed by atoms with E-state index in [1.54, 1.807) is 16.1 Å². The molecule has 34 heavy (non-hydrogen) atoms. The molecule has 0 radical (unpaired) electrons. The summed E-state index contributed by atoms with van der Waals surface area (Å²) < 4.78 is 0. The van der Waals surface area contributed by atoms with Gasteiger partial charge in [0.25, 0.3) is 0 Å². The van der Waals surface area contributed by atoms with Crippen molar-refractivity contribution in [3.63, 3.8) is 0 Å². The molecule has 4 heterocycles. The molecule has 6 rings (SSSR count). The van der Waals surface area contributed by atoms with Gasteiger partial charge in [0.1, 0.15) is 11.0 Å². The van der Waals surface area contributed by atoms with E-state index < -0.39 is 0 Å². The lowest BCUT2D eigenvalue weighted by Crippen LogP contribution is -2.60. The van der Waals surface area contributed by atoms with Gasteiger partial charge < -0.3 is 0 Å². The lowest BCUT2D eigenvalue weighted by Gasteiger charge is -2.35. The molecule has 2 aromatic rings. The second-order valence-electron chi connectivity index (χ2n) is 8.56. The number of tetrazole rings is 1. The van der Waals surface area contributed by atoms with Gasteiger partial charge in [-0.3, -0.25) is 20.4 Å². The number of hydrogen-bond acceptors (Lipinski definition) is 6. The third-order valence-electron chi connectivity index (χ3n) is 6.44. The molecule has 2 N–H and O–H groups in total. The first-order chi connectivity index (χ1) is 16.7. The Balaban J connectivity index is 1.38. The number of amides is 2. The highest BCUT2D eigenvalue weighted by Gasteiger charge is 2.45. The fourth-order valence-electron chi connectivity index (χ4n) is 4.74. The van der Waals surface area contributed by atoms with Gasteiger partial charge in [0, 0.05) is 22.9 Å². The van der Waals surface area contributed by atoms with Gasteiger partial charge in [0.2, 0.25) is 17.6 Å². The van der Waals surface area contributed by atoms with Gasteiger partial charge in [-0.15, -0.1) is 11.3 Å². The molecule has 1 aromatic carbocycles. The highest BCUT2D eigenvalue weighted by molar-refractivity contribution is 7.12. The molecule has 3 aliphatic heterocycles. The number of nitrogens with zero attached hydrogens (tertiary/aromatic N) is 5. The van der Waals surface area contributed by atoms with Crippen molar-refractivity contribution in [2.45, 2.75) is 25.3 Å². The molecule has 2 amide bonds. The second-order valence-corrected chi connectivity index (χ2v) is 9.45. The Kier molecular flexibility index (Phi) is 5.14. The zero-order valence-corrected chi connectivity index (χ0v) is 19.0. The molecule has 1 saturated heterocycles. The molecule has 10 heteroatoms. The van der Waals surface area contributed by atoms with Crippen LogP contribution >= 0.6 is 11.3 Å². The van der Waals surface area contributed by atoms with Crippen LogP contribution < -0.4 is 15.6 Å². The SMILES string of the molecule is O=C1NNC(=O)C2CC([n+]3nc(C=Cc4ccccc4)nn3-c3cc4cccsc-4n3)CCC12.